The molecule has 7 heteroatoms. The summed E-state index contributed by atoms with van der Waals surface area (Å²) in [5.41, 5.74) is 9.05. The molecule has 4 aromatic rings. The van der Waals surface area contributed by atoms with Gasteiger partial charge in [-0.1, -0.05) is 18.2 Å². The first kappa shape index (κ1) is 24.8. The van der Waals surface area contributed by atoms with E-state index in [2.05, 4.69) is 66.7 Å². The third-order valence-electron chi connectivity index (χ3n) is 7.35. The van der Waals surface area contributed by atoms with Crippen LogP contribution in [0.3, 0.4) is 0 Å². The number of benzene rings is 2. The van der Waals surface area contributed by atoms with Crippen LogP contribution in [0.15, 0.2) is 66.9 Å². The average Bonchev–Trinajstić information content (AvgIpc) is 3.40. The van der Waals surface area contributed by atoms with Crippen molar-refractivity contribution in [3.8, 4) is 17.2 Å². The summed E-state index contributed by atoms with van der Waals surface area (Å²) in [5, 5.41) is 4.19. The third-order valence-corrected chi connectivity index (χ3v) is 7.66. The summed E-state index contributed by atoms with van der Waals surface area (Å²) in [6.45, 7) is 8.68. The quantitative estimate of drug-likeness (QED) is 0.306. The maximum absolute atomic E-state index is 5.95. The fraction of sp³-hybridized carbons (Fsp3) is 0.267. The lowest BCUT2D eigenvalue weighted by Crippen LogP contribution is -2.30. The molecule has 0 saturated carbocycles. The van der Waals surface area contributed by atoms with E-state index in [1.807, 2.05) is 42.6 Å². The maximum atomic E-state index is 5.95. The van der Waals surface area contributed by atoms with Crippen LogP contribution in [0.1, 0.15) is 45.9 Å². The van der Waals surface area contributed by atoms with E-state index in [1.54, 1.807) is 14.2 Å². The van der Waals surface area contributed by atoms with Crippen molar-refractivity contribution in [1.82, 2.24) is 14.9 Å². The number of nitrogens with zero attached hydrogens (tertiary/aromatic N) is 3. The number of aromatic nitrogens is 2. The van der Waals surface area contributed by atoms with Crippen molar-refractivity contribution >= 4 is 23.0 Å². The number of hydrogen-bond donors (Lipinski definition) is 1. The van der Waals surface area contributed by atoms with Gasteiger partial charge in [-0.05, 0) is 93.0 Å². The molecule has 5 rings (SSSR count). The van der Waals surface area contributed by atoms with Gasteiger partial charge in [0.2, 0.25) is 0 Å². The van der Waals surface area contributed by atoms with Crippen LogP contribution in [0.4, 0.5) is 5.69 Å². The Labute approximate surface area is 223 Å². The van der Waals surface area contributed by atoms with Crippen LogP contribution in [-0.2, 0) is 0 Å². The molecule has 1 fully saturated rings. The summed E-state index contributed by atoms with van der Waals surface area (Å²) in [5.74, 6) is 1.42. The van der Waals surface area contributed by atoms with Crippen molar-refractivity contribution in [3.05, 3.63) is 101 Å². The predicted molar refractivity (Wildman–Crippen MR) is 152 cm³/mol. The van der Waals surface area contributed by atoms with Gasteiger partial charge in [0.05, 0.1) is 37.7 Å². The largest absolute Gasteiger partial charge is 0.497 e. The molecular weight excluding hydrogens is 480 g/mol. The number of nitrogens with one attached hydrogen (secondary N) is 1. The number of ether oxygens (including phenoxy) is 2. The summed E-state index contributed by atoms with van der Waals surface area (Å²) in [6, 6.07) is 20.3. The van der Waals surface area contributed by atoms with Crippen molar-refractivity contribution in [2.75, 3.05) is 19.1 Å². The zero-order chi connectivity index (χ0) is 26.3. The molecule has 1 N–H and O–H groups in total. The van der Waals surface area contributed by atoms with E-state index in [0.717, 1.165) is 17.1 Å². The summed E-state index contributed by atoms with van der Waals surface area (Å²) in [6.07, 6.45) is 1.83. The van der Waals surface area contributed by atoms with E-state index in [0.29, 0.717) is 10.9 Å². The summed E-state index contributed by atoms with van der Waals surface area (Å²) in [4.78, 5) is 6.86. The Balaban J connectivity index is 1.72. The van der Waals surface area contributed by atoms with Gasteiger partial charge in [-0.3, -0.25) is 4.98 Å². The SMILES string of the molecule is COc1ccc(N2C(=S)N[C@@H](c3ccccn3)[C@@H]2c2cc(C)n(-c3cccc(C)c3C)c2C)c(OC)c1. The average molecular weight is 513 g/mol. The van der Waals surface area contributed by atoms with Gasteiger partial charge in [0.15, 0.2) is 5.11 Å². The number of hydrogen-bond acceptors (Lipinski definition) is 4. The van der Waals surface area contributed by atoms with E-state index in [4.69, 9.17) is 26.7 Å². The number of rotatable bonds is 6. The Hall–Kier alpha value is -3.84. The Kier molecular flexibility index (Phi) is 6.65. The van der Waals surface area contributed by atoms with Crippen molar-refractivity contribution in [2.45, 2.75) is 39.8 Å². The van der Waals surface area contributed by atoms with Gasteiger partial charge in [0, 0.05) is 29.3 Å². The monoisotopic (exact) mass is 512 g/mol. The van der Waals surface area contributed by atoms with Gasteiger partial charge >= 0.3 is 0 Å². The standard InChI is InChI=1S/C30H32N4O2S/c1-18-10-9-12-25(20(18)3)33-19(2)16-23(21(33)4)29-28(24-11-7-8-15-31-24)32-30(37)34(29)26-14-13-22(35-5)17-27(26)36-6/h7-17,28-29H,1-6H3,(H,32,37)/t28-,29-/m0/s1. The molecule has 2 atom stereocenters. The molecule has 2 aromatic heterocycles. The highest BCUT2D eigenvalue weighted by Crippen LogP contribution is 2.47. The summed E-state index contributed by atoms with van der Waals surface area (Å²) < 4.78 is 13.6. The molecule has 37 heavy (non-hydrogen) atoms. The maximum Gasteiger partial charge on any atom is 0.174 e. The Morgan fingerprint density at radius 2 is 1.70 bits per heavy atom. The van der Waals surface area contributed by atoms with E-state index < -0.39 is 0 Å². The van der Waals surface area contributed by atoms with Crippen LogP contribution in [0, 0.1) is 27.7 Å². The number of pyridine rings is 1. The highest BCUT2D eigenvalue weighted by Gasteiger charge is 2.43. The van der Waals surface area contributed by atoms with Crippen molar-refractivity contribution in [1.29, 1.82) is 0 Å². The molecule has 1 aliphatic rings. The van der Waals surface area contributed by atoms with Crippen LogP contribution in [-0.4, -0.2) is 28.9 Å². The van der Waals surface area contributed by atoms with Crippen molar-refractivity contribution < 1.29 is 9.47 Å². The molecule has 0 unspecified atom stereocenters. The lowest BCUT2D eigenvalue weighted by Gasteiger charge is -2.29. The van der Waals surface area contributed by atoms with Gasteiger partial charge in [0.1, 0.15) is 11.5 Å². The van der Waals surface area contributed by atoms with Crippen molar-refractivity contribution in [2.24, 2.45) is 0 Å². The van der Waals surface area contributed by atoms with E-state index in [-0.39, 0.29) is 12.1 Å². The van der Waals surface area contributed by atoms with Gasteiger partial charge in [-0.2, -0.15) is 0 Å². The summed E-state index contributed by atoms with van der Waals surface area (Å²) >= 11 is 5.95. The normalized spacial score (nSPS) is 17.1. The lowest BCUT2D eigenvalue weighted by atomic mass is 9.96. The fourth-order valence-corrected chi connectivity index (χ4v) is 5.69. The number of thiocarbonyl (C=S) groups is 1. The van der Waals surface area contributed by atoms with Crippen molar-refractivity contribution in [3.63, 3.8) is 0 Å². The van der Waals surface area contributed by atoms with E-state index in [1.165, 1.54) is 33.8 Å². The van der Waals surface area contributed by atoms with Crippen LogP contribution in [0.25, 0.3) is 5.69 Å². The fourth-order valence-electron chi connectivity index (χ4n) is 5.35. The first-order valence-corrected chi connectivity index (χ1v) is 12.7. The minimum atomic E-state index is -0.145. The van der Waals surface area contributed by atoms with Crippen LogP contribution in [0.5, 0.6) is 11.5 Å². The minimum Gasteiger partial charge on any atom is -0.497 e. The second kappa shape index (κ2) is 9.90. The molecule has 0 aliphatic carbocycles. The van der Waals surface area contributed by atoms with Gasteiger partial charge in [-0.25, -0.2) is 0 Å². The molecule has 2 aromatic carbocycles. The van der Waals surface area contributed by atoms with Gasteiger partial charge in [0.25, 0.3) is 0 Å². The van der Waals surface area contributed by atoms with Gasteiger partial charge < -0.3 is 24.3 Å². The molecule has 190 valence electrons. The number of aryl methyl sites for hydroxylation is 2. The number of methoxy groups -OCH3 is 2. The van der Waals surface area contributed by atoms with Crippen LogP contribution >= 0.6 is 12.2 Å². The first-order chi connectivity index (χ1) is 17.8. The topological polar surface area (TPSA) is 51.5 Å². The van der Waals surface area contributed by atoms with Gasteiger partial charge in [-0.15, -0.1) is 0 Å². The third kappa shape index (κ3) is 4.23. The van der Waals surface area contributed by atoms with E-state index >= 15 is 0 Å². The molecule has 3 heterocycles. The highest BCUT2D eigenvalue weighted by molar-refractivity contribution is 7.80. The molecule has 1 saturated heterocycles. The summed E-state index contributed by atoms with van der Waals surface area (Å²) in [7, 11) is 3.32. The van der Waals surface area contributed by atoms with Crippen LogP contribution in [0.2, 0.25) is 0 Å². The number of anilines is 1. The molecular formula is C30H32N4O2S. The molecule has 0 spiro atoms. The first-order valence-electron chi connectivity index (χ1n) is 12.3. The van der Waals surface area contributed by atoms with E-state index in [9.17, 15) is 0 Å². The van der Waals surface area contributed by atoms with Crippen LogP contribution < -0.4 is 19.7 Å². The highest BCUT2D eigenvalue weighted by atomic mass is 32.1. The second-order valence-corrected chi connectivity index (χ2v) is 9.80. The Bertz CT molecular complexity index is 1460. The molecule has 0 amide bonds. The Morgan fingerprint density at radius 3 is 2.41 bits per heavy atom. The predicted octanol–water partition coefficient (Wildman–Crippen LogP) is 6.30. The Morgan fingerprint density at radius 1 is 0.892 bits per heavy atom. The molecule has 0 bridgehead atoms. The molecule has 1 aliphatic heterocycles. The zero-order valence-corrected chi connectivity index (χ0v) is 22.9. The zero-order valence-electron chi connectivity index (χ0n) is 22.1. The molecule has 0 radical (unpaired) electrons. The minimum absolute atomic E-state index is 0.144. The smallest absolute Gasteiger partial charge is 0.174 e. The second-order valence-electron chi connectivity index (χ2n) is 9.42. The lowest BCUT2D eigenvalue weighted by molar-refractivity contribution is 0.394. The molecule has 6 nitrogen and oxygen atoms in total.